The van der Waals surface area contributed by atoms with Crippen molar-refractivity contribution < 1.29 is 5.11 Å². The van der Waals surface area contributed by atoms with Crippen LogP contribution in [0, 0.1) is 5.41 Å². The lowest BCUT2D eigenvalue weighted by Crippen LogP contribution is -2.27. The standard InChI is InChI=1S/C14H17ClN4O/c1-14(2,9-20)8-16-13-18-11(17-12(15)19-13)10-6-4-3-5-7-10/h3-7,20H,8-9H2,1-2H3,(H,16,17,18,19). The van der Waals surface area contributed by atoms with Crippen molar-refractivity contribution in [1.82, 2.24) is 15.0 Å². The fourth-order valence-corrected chi connectivity index (χ4v) is 1.68. The van der Waals surface area contributed by atoms with Gasteiger partial charge in [0.1, 0.15) is 0 Å². The lowest BCUT2D eigenvalue weighted by molar-refractivity contribution is 0.170. The predicted octanol–water partition coefficient (Wildman–Crippen LogP) is 2.62. The average Bonchev–Trinajstić information content (AvgIpc) is 2.46. The number of aromatic nitrogens is 3. The number of aliphatic hydroxyl groups is 1. The fourth-order valence-electron chi connectivity index (χ4n) is 1.52. The van der Waals surface area contributed by atoms with E-state index < -0.39 is 0 Å². The molecule has 2 rings (SSSR count). The zero-order valence-corrected chi connectivity index (χ0v) is 12.2. The lowest BCUT2D eigenvalue weighted by Gasteiger charge is -2.21. The number of nitrogens with one attached hydrogen (secondary N) is 1. The zero-order valence-electron chi connectivity index (χ0n) is 11.5. The van der Waals surface area contributed by atoms with Gasteiger partial charge >= 0.3 is 0 Å². The van der Waals surface area contributed by atoms with Crippen molar-refractivity contribution in [2.75, 3.05) is 18.5 Å². The average molecular weight is 293 g/mol. The number of hydrogen-bond acceptors (Lipinski definition) is 5. The van der Waals surface area contributed by atoms with Crippen molar-refractivity contribution in [2.24, 2.45) is 5.41 Å². The highest BCUT2D eigenvalue weighted by molar-refractivity contribution is 6.28. The maximum atomic E-state index is 9.24. The summed E-state index contributed by atoms with van der Waals surface area (Å²) in [4.78, 5) is 12.5. The molecule has 0 radical (unpaired) electrons. The van der Waals surface area contributed by atoms with Crippen molar-refractivity contribution in [2.45, 2.75) is 13.8 Å². The summed E-state index contributed by atoms with van der Waals surface area (Å²) in [5.74, 6) is 0.931. The molecule has 0 atom stereocenters. The Morgan fingerprint density at radius 1 is 1.15 bits per heavy atom. The summed E-state index contributed by atoms with van der Waals surface area (Å²) < 4.78 is 0. The molecule has 1 heterocycles. The Kier molecular flexibility index (Phi) is 4.52. The van der Waals surface area contributed by atoms with Crippen LogP contribution < -0.4 is 5.32 Å². The molecule has 0 saturated heterocycles. The molecular formula is C14H17ClN4O. The molecule has 106 valence electrons. The van der Waals surface area contributed by atoms with Crippen LogP contribution in [0.5, 0.6) is 0 Å². The minimum absolute atomic E-state index is 0.0738. The minimum atomic E-state index is -0.258. The van der Waals surface area contributed by atoms with Gasteiger partial charge < -0.3 is 10.4 Å². The first kappa shape index (κ1) is 14.7. The zero-order chi connectivity index (χ0) is 14.6. The first-order valence-electron chi connectivity index (χ1n) is 6.32. The molecule has 0 aliphatic heterocycles. The van der Waals surface area contributed by atoms with Crippen molar-refractivity contribution >= 4 is 17.5 Å². The summed E-state index contributed by atoms with van der Waals surface area (Å²) in [7, 11) is 0. The minimum Gasteiger partial charge on any atom is -0.396 e. The van der Waals surface area contributed by atoms with Gasteiger partial charge in [-0.15, -0.1) is 0 Å². The summed E-state index contributed by atoms with van der Waals surface area (Å²) in [5.41, 5.74) is 0.618. The molecule has 0 spiro atoms. The second kappa shape index (κ2) is 6.15. The highest BCUT2D eigenvalue weighted by Gasteiger charge is 2.17. The molecule has 0 aliphatic carbocycles. The predicted molar refractivity (Wildman–Crippen MR) is 79.6 cm³/mol. The van der Waals surface area contributed by atoms with E-state index in [0.717, 1.165) is 5.56 Å². The second-order valence-corrected chi connectivity index (χ2v) is 5.63. The maximum Gasteiger partial charge on any atom is 0.227 e. The van der Waals surface area contributed by atoms with Gasteiger partial charge in [0.25, 0.3) is 0 Å². The van der Waals surface area contributed by atoms with E-state index in [1.165, 1.54) is 0 Å². The Bertz CT molecular complexity index is 575. The molecule has 20 heavy (non-hydrogen) atoms. The molecule has 0 saturated carbocycles. The van der Waals surface area contributed by atoms with Crippen LogP contribution in [0.4, 0.5) is 5.95 Å². The molecule has 5 nitrogen and oxygen atoms in total. The second-order valence-electron chi connectivity index (χ2n) is 5.29. The summed E-state index contributed by atoms with van der Waals surface area (Å²) in [6.45, 7) is 4.50. The maximum absolute atomic E-state index is 9.24. The third-order valence-electron chi connectivity index (χ3n) is 2.79. The van der Waals surface area contributed by atoms with Crippen molar-refractivity contribution in [3.8, 4) is 11.4 Å². The number of aliphatic hydroxyl groups excluding tert-OH is 1. The van der Waals surface area contributed by atoms with E-state index in [0.29, 0.717) is 18.3 Å². The topological polar surface area (TPSA) is 70.9 Å². The molecule has 0 bridgehead atoms. The summed E-state index contributed by atoms with van der Waals surface area (Å²) >= 11 is 5.93. The Morgan fingerprint density at radius 3 is 2.50 bits per heavy atom. The van der Waals surface area contributed by atoms with E-state index in [1.54, 1.807) is 0 Å². The Balaban J connectivity index is 2.21. The van der Waals surface area contributed by atoms with Crippen LogP contribution in [0.1, 0.15) is 13.8 Å². The molecule has 2 N–H and O–H groups in total. The number of rotatable bonds is 5. The Morgan fingerprint density at radius 2 is 1.85 bits per heavy atom. The molecule has 0 aliphatic rings. The van der Waals surface area contributed by atoms with Gasteiger partial charge in [0.15, 0.2) is 5.82 Å². The van der Waals surface area contributed by atoms with Gasteiger partial charge in [0, 0.05) is 24.1 Å². The summed E-state index contributed by atoms with van der Waals surface area (Å²) in [6.07, 6.45) is 0. The number of anilines is 1. The number of benzene rings is 1. The highest BCUT2D eigenvalue weighted by Crippen LogP contribution is 2.19. The monoisotopic (exact) mass is 292 g/mol. The molecule has 1 aromatic carbocycles. The molecule has 2 aromatic rings. The van der Waals surface area contributed by atoms with Crippen molar-refractivity contribution in [3.63, 3.8) is 0 Å². The SMILES string of the molecule is CC(C)(CO)CNc1nc(Cl)nc(-c2ccccc2)n1. The van der Waals surface area contributed by atoms with Gasteiger partial charge in [-0.3, -0.25) is 0 Å². The van der Waals surface area contributed by atoms with Crippen molar-refractivity contribution in [1.29, 1.82) is 0 Å². The van der Waals surface area contributed by atoms with Crippen molar-refractivity contribution in [3.05, 3.63) is 35.6 Å². The van der Waals surface area contributed by atoms with Gasteiger partial charge in [0.2, 0.25) is 11.2 Å². The molecule has 0 fully saturated rings. The van der Waals surface area contributed by atoms with Crippen LogP contribution in [0.15, 0.2) is 30.3 Å². The van der Waals surface area contributed by atoms with E-state index in [4.69, 9.17) is 11.6 Å². The highest BCUT2D eigenvalue weighted by atomic mass is 35.5. The fraction of sp³-hybridized carbons (Fsp3) is 0.357. The summed E-state index contributed by atoms with van der Waals surface area (Å²) in [6, 6.07) is 9.57. The first-order chi connectivity index (χ1) is 9.50. The molecule has 1 aromatic heterocycles. The molecule has 6 heteroatoms. The van der Waals surface area contributed by atoms with E-state index in [2.05, 4.69) is 20.3 Å². The van der Waals surface area contributed by atoms with Gasteiger partial charge in [-0.05, 0) is 11.6 Å². The smallest absolute Gasteiger partial charge is 0.227 e. The summed E-state index contributed by atoms with van der Waals surface area (Å²) in [5, 5.41) is 12.5. The number of halogens is 1. The molecule has 0 amide bonds. The van der Waals surface area contributed by atoms with Gasteiger partial charge in [-0.25, -0.2) is 0 Å². The number of hydrogen-bond donors (Lipinski definition) is 2. The normalized spacial score (nSPS) is 11.4. The third-order valence-corrected chi connectivity index (χ3v) is 2.96. The van der Waals surface area contributed by atoms with Gasteiger partial charge in [-0.2, -0.15) is 15.0 Å². The van der Waals surface area contributed by atoms with E-state index >= 15 is 0 Å². The lowest BCUT2D eigenvalue weighted by atomic mass is 9.95. The molecule has 0 unspecified atom stereocenters. The quantitative estimate of drug-likeness (QED) is 0.886. The van der Waals surface area contributed by atoms with Crippen LogP contribution in [0.2, 0.25) is 5.28 Å². The Labute approximate surface area is 123 Å². The Hall–Kier alpha value is -1.72. The van der Waals surface area contributed by atoms with Crippen LogP contribution in [0.3, 0.4) is 0 Å². The van der Waals surface area contributed by atoms with Crippen LogP contribution >= 0.6 is 11.6 Å². The number of nitrogens with zero attached hydrogens (tertiary/aromatic N) is 3. The third kappa shape index (κ3) is 3.88. The first-order valence-corrected chi connectivity index (χ1v) is 6.70. The van der Waals surface area contributed by atoms with Crippen LogP contribution in [-0.4, -0.2) is 33.2 Å². The van der Waals surface area contributed by atoms with Crippen LogP contribution in [-0.2, 0) is 0 Å². The van der Waals surface area contributed by atoms with Crippen LogP contribution in [0.25, 0.3) is 11.4 Å². The molecular weight excluding hydrogens is 276 g/mol. The van der Waals surface area contributed by atoms with E-state index in [-0.39, 0.29) is 17.3 Å². The largest absolute Gasteiger partial charge is 0.396 e. The van der Waals surface area contributed by atoms with E-state index in [9.17, 15) is 5.11 Å². The van der Waals surface area contributed by atoms with E-state index in [1.807, 2.05) is 44.2 Å². The van der Waals surface area contributed by atoms with Gasteiger partial charge in [0.05, 0.1) is 0 Å². The van der Waals surface area contributed by atoms with Gasteiger partial charge in [-0.1, -0.05) is 44.2 Å².